The second-order valence-corrected chi connectivity index (χ2v) is 9.83. The third kappa shape index (κ3) is 9.73. The van der Waals surface area contributed by atoms with Gasteiger partial charge in [0.25, 0.3) is 0 Å². The highest BCUT2D eigenvalue weighted by molar-refractivity contribution is 5.98. The summed E-state index contributed by atoms with van der Waals surface area (Å²) in [6.07, 6.45) is 8.49. The van der Waals surface area contributed by atoms with Crippen LogP contribution in [0.1, 0.15) is 17.1 Å². The minimum Gasteiger partial charge on any atom is -0.390 e. The van der Waals surface area contributed by atoms with Crippen molar-refractivity contribution < 1.29 is 9.90 Å². The average molecular weight is 543 g/mol. The molecule has 0 spiro atoms. The summed E-state index contributed by atoms with van der Waals surface area (Å²) in [5, 5.41) is 14.1. The van der Waals surface area contributed by atoms with Gasteiger partial charge in [0.05, 0.1) is 35.6 Å². The van der Waals surface area contributed by atoms with Gasteiger partial charge < -0.3 is 16.2 Å². The summed E-state index contributed by atoms with van der Waals surface area (Å²) < 4.78 is 0. The molecule has 0 radical (unpaired) electrons. The first-order valence-corrected chi connectivity index (χ1v) is 13.6. The van der Waals surface area contributed by atoms with Gasteiger partial charge in [0, 0.05) is 76.7 Å². The van der Waals surface area contributed by atoms with Crippen LogP contribution in [0.2, 0.25) is 0 Å². The summed E-state index contributed by atoms with van der Waals surface area (Å²) in [6, 6.07) is 17.5. The number of nitrogens with two attached hydrogens (primary N) is 1. The van der Waals surface area contributed by atoms with Crippen molar-refractivity contribution in [3.05, 3.63) is 102 Å². The molecule has 0 aromatic carbocycles. The predicted molar refractivity (Wildman–Crippen MR) is 155 cm³/mol. The number of aromatic nitrogens is 3. The third-order valence-corrected chi connectivity index (χ3v) is 6.45. The van der Waals surface area contributed by atoms with Crippen LogP contribution in [0.15, 0.2) is 90.3 Å². The van der Waals surface area contributed by atoms with Crippen LogP contribution in [0, 0.1) is 5.92 Å². The highest BCUT2D eigenvalue weighted by Gasteiger charge is 2.21. The number of carbonyl (C=O) groups excluding carboxylic acids is 1. The van der Waals surface area contributed by atoms with Crippen molar-refractivity contribution >= 4 is 11.6 Å². The van der Waals surface area contributed by atoms with Crippen LogP contribution in [0.3, 0.4) is 0 Å². The van der Waals surface area contributed by atoms with Gasteiger partial charge in [-0.05, 0) is 42.5 Å². The van der Waals surface area contributed by atoms with Crippen molar-refractivity contribution in [3.63, 3.8) is 0 Å². The van der Waals surface area contributed by atoms with E-state index < -0.39 is 6.10 Å². The van der Waals surface area contributed by atoms with Gasteiger partial charge in [-0.25, -0.2) is 0 Å². The lowest BCUT2D eigenvalue weighted by Gasteiger charge is -2.29. The summed E-state index contributed by atoms with van der Waals surface area (Å²) in [6.45, 7) is 4.39. The lowest BCUT2D eigenvalue weighted by molar-refractivity contribution is -0.123. The van der Waals surface area contributed by atoms with Gasteiger partial charge in [-0.2, -0.15) is 0 Å². The Hall–Kier alpha value is -3.83. The number of aliphatic imine (C=N–C) groups is 1. The standard InChI is InChI=1S/C30H38N8O2/c31-12-16-35-30(40)24-10-11-28(36-17-24)21-38(20-27-9-3-6-15-34-27)23-29(39)22-37(18-25-7-1-4-13-32-25)19-26-8-2-5-14-33-26/h1-11,13-15,24,29,39H,12,16-23,31H2,(H,35,40). The van der Waals surface area contributed by atoms with Gasteiger partial charge in [-0.15, -0.1) is 0 Å². The monoisotopic (exact) mass is 542 g/mol. The molecule has 0 saturated carbocycles. The number of aliphatic hydroxyl groups is 1. The van der Waals surface area contributed by atoms with Gasteiger partial charge in [0.15, 0.2) is 0 Å². The van der Waals surface area contributed by atoms with Crippen molar-refractivity contribution in [2.75, 3.05) is 39.3 Å². The second-order valence-electron chi connectivity index (χ2n) is 9.83. The zero-order chi connectivity index (χ0) is 28.0. The van der Waals surface area contributed by atoms with Crippen LogP contribution in [0.4, 0.5) is 0 Å². The number of nitrogens with one attached hydrogen (secondary N) is 1. The largest absolute Gasteiger partial charge is 0.390 e. The minimum absolute atomic E-state index is 0.0637. The smallest absolute Gasteiger partial charge is 0.228 e. The Kier molecular flexibility index (Phi) is 11.4. The maximum absolute atomic E-state index is 12.3. The number of hydrogen-bond acceptors (Lipinski definition) is 9. The average Bonchev–Trinajstić information content (AvgIpc) is 2.98. The zero-order valence-corrected chi connectivity index (χ0v) is 22.7. The van der Waals surface area contributed by atoms with E-state index in [2.05, 4.69) is 35.1 Å². The number of pyridine rings is 3. The Morgan fingerprint density at radius 3 is 1.82 bits per heavy atom. The summed E-state index contributed by atoms with van der Waals surface area (Å²) in [5.41, 5.74) is 9.13. The van der Waals surface area contributed by atoms with Gasteiger partial charge in [0.1, 0.15) is 0 Å². The van der Waals surface area contributed by atoms with Crippen LogP contribution in [-0.2, 0) is 24.4 Å². The molecule has 3 aromatic heterocycles. The lowest BCUT2D eigenvalue weighted by atomic mass is 10.0. The quantitative estimate of drug-likeness (QED) is 0.263. The Bertz CT molecular complexity index is 1180. The minimum atomic E-state index is -0.640. The molecule has 0 saturated heterocycles. The van der Waals surface area contributed by atoms with E-state index >= 15 is 0 Å². The summed E-state index contributed by atoms with van der Waals surface area (Å²) in [5.74, 6) is -0.358. The molecule has 0 fully saturated rings. The summed E-state index contributed by atoms with van der Waals surface area (Å²) >= 11 is 0. The van der Waals surface area contributed by atoms with E-state index in [-0.39, 0.29) is 11.8 Å². The molecular weight excluding hydrogens is 504 g/mol. The normalized spacial score (nSPS) is 15.7. The molecule has 4 heterocycles. The van der Waals surface area contributed by atoms with Gasteiger partial charge >= 0.3 is 0 Å². The van der Waals surface area contributed by atoms with Crippen LogP contribution in [0.25, 0.3) is 0 Å². The first-order chi connectivity index (χ1) is 19.6. The Balaban J connectivity index is 1.42. The molecule has 40 heavy (non-hydrogen) atoms. The number of hydrogen-bond donors (Lipinski definition) is 3. The second kappa shape index (κ2) is 15.7. The molecule has 3 aromatic rings. The third-order valence-electron chi connectivity index (χ3n) is 6.45. The molecule has 4 N–H and O–H groups in total. The van der Waals surface area contributed by atoms with Crippen molar-refractivity contribution in [2.24, 2.45) is 16.6 Å². The number of rotatable bonds is 15. The van der Waals surface area contributed by atoms with Crippen LogP contribution >= 0.6 is 0 Å². The first kappa shape index (κ1) is 29.2. The van der Waals surface area contributed by atoms with Gasteiger partial charge in [0.2, 0.25) is 5.91 Å². The lowest BCUT2D eigenvalue weighted by Crippen LogP contribution is -2.42. The highest BCUT2D eigenvalue weighted by atomic mass is 16.3. The highest BCUT2D eigenvalue weighted by Crippen LogP contribution is 2.12. The van der Waals surface area contributed by atoms with E-state index in [4.69, 9.17) is 5.73 Å². The van der Waals surface area contributed by atoms with Crippen LogP contribution in [0.5, 0.6) is 0 Å². The van der Waals surface area contributed by atoms with E-state index in [1.54, 1.807) is 18.6 Å². The molecule has 0 aliphatic carbocycles. The van der Waals surface area contributed by atoms with Crippen molar-refractivity contribution in [2.45, 2.75) is 25.7 Å². The van der Waals surface area contributed by atoms with Crippen molar-refractivity contribution in [1.29, 1.82) is 0 Å². The molecule has 1 aliphatic heterocycles. The van der Waals surface area contributed by atoms with Crippen molar-refractivity contribution in [3.8, 4) is 0 Å². The fourth-order valence-corrected chi connectivity index (χ4v) is 4.57. The van der Waals surface area contributed by atoms with E-state index in [1.165, 1.54) is 0 Å². The Labute approximate surface area is 235 Å². The van der Waals surface area contributed by atoms with Crippen LogP contribution in [-0.4, -0.2) is 86.8 Å². The number of aliphatic hydroxyl groups excluding tert-OH is 1. The molecule has 0 bridgehead atoms. The predicted octanol–water partition coefficient (Wildman–Crippen LogP) is 1.44. The van der Waals surface area contributed by atoms with Gasteiger partial charge in [-0.3, -0.25) is 34.5 Å². The SMILES string of the molecule is NCCNC(=O)C1C=CC(CN(Cc2ccccn2)CC(O)CN(Cc2ccccn2)Cc2ccccn2)=NC1. The maximum Gasteiger partial charge on any atom is 0.228 e. The van der Waals surface area contributed by atoms with Crippen LogP contribution < -0.4 is 11.1 Å². The molecule has 1 amide bonds. The topological polar surface area (TPSA) is 133 Å². The fraction of sp³-hybridized carbons (Fsp3) is 0.367. The fourth-order valence-electron chi connectivity index (χ4n) is 4.57. The number of nitrogens with zero attached hydrogens (tertiary/aromatic N) is 6. The summed E-state index contributed by atoms with van der Waals surface area (Å²) in [4.78, 5) is 34.7. The van der Waals surface area contributed by atoms with E-state index in [0.717, 1.165) is 22.8 Å². The first-order valence-electron chi connectivity index (χ1n) is 13.6. The summed E-state index contributed by atoms with van der Waals surface area (Å²) in [7, 11) is 0. The molecule has 1 aliphatic rings. The van der Waals surface area contributed by atoms with E-state index in [1.807, 2.05) is 66.7 Å². The molecule has 4 rings (SSSR count). The molecule has 2 unspecified atom stereocenters. The van der Waals surface area contributed by atoms with E-state index in [0.29, 0.717) is 58.9 Å². The molecule has 210 valence electrons. The van der Waals surface area contributed by atoms with Crippen molar-refractivity contribution in [1.82, 2.24) is 30.1 Å². The molecular formula is C30H38N8O2. The Morgan fingerprint density at radius 1 is 0.875 bits per heavy atom. The van der Waals surface area contributed by atoms with Gasteiger partial charge in [-0.1, -0.05) is 24.3 Å². The molecule has 10 heteroatoms. The molecule has 10 nitrogen and oxygen atoms in total. The maximum atomic E-state index is 12.3. The Morgan fingerprint density at radius 2 is 1.40 bits per heavy atom. The number of dihydropyridines is 1. The number of carbonyl (C=O) groups is 1. The molecule has 2 atom stereocenters. The zero-order valence-electron chi connectivity index (χ0n) is 22.7. The van der Waals surface area contributed by atoms with E-state index in [9.17, 15) is 9.90 Å². The number of amides is 1.